The molecule has 1 heterocycles. The second-order valence-electron chi connectivity index (χ2n) is 3.98. The molecule has 0 aromatic carbocycles. The monoisotopic (exact) mass is 324 g/mol. The van der Waals surface area contributed by atoms with Gasteiger partial charge in [-0.2, -0.15) is 5.10 Å². The van der Waals surface area contributed by atoms with Crippen LogP contribution in [0.15, 0.2) is 15.5 Å². The minimum atomic E-state index is -2.48. The number of hydrogen-bond acceptors (Lipinski definition) is 4. The van der Waals surface area contributed by atoms with Crippen LogP contribution in [0.3, 0.4) is 0 Å². The molecular weight excluding hydrogens is 310 g/mol. The first-order chi connectivity index (χ1) is 8.41. The summed E-state index contributed by atoms with van der Waals surface area (Å²) in [4.78, 5) is 13.8. The Hall–Kier alpha value is -1.02. The van der Waals surface area contributed by atoms with Crippen molar-refractivity contribution in [1.82, 2.24) is 14.7 Å². The molecule has 1 rings (SSSR count). The number of nitrogens with one attached hydrogen (secondary N) is 1. The van der Waals surface area contributed by atoms with Crippen LogP contribution in [0.2, 0.25) is 0 Å². The summed E-state index contributed by atoms with van der Waals surface area (Å²) in [5.41, 5.74) is -0.0579. The van der Waals surface area contributed by atoms with Gasteiger partial charge in [0, 0.05) is 6.54 Å². The molecule has 0 atom stereocenters. The maximum absolute atomic E-state index is 12.1. The third-order valence-electron chi connectivity index (χ3n) is 2.19. The zero-order valence-corrected chi connectivity index (χ0v) is 11.7. The van der Waals surface area contributed by atoms with Gasteiger partial charge in [-0.3, -0.25) is 4.79 Å². The van der Waals surface area contributed by atoms with Crippen molar-refractivity contribution in [3.8, 4) is 0 Å². The summed E-state index contributed by atoms with van der Waals surface area (Å²) in [6.45, 7) is 0.601. The van der Waals surface area contributed by atoms with E-state index < -0.39 is 13.0 Å². The topological polar surface area (TPSA) is 50.2 Å². The van der Waals surface area contributed by atoms with E-state index in [2.05, 4.69) is 26.3 Å². The van der Waals surface area contributed by atoms with Crippen LogP contribution < -0.4 is 10.9 Å². The SMILES string of the molecule is CN(C)CCn1ncc(NCC(F)F)c(Br)c1=O. The average Bonchev–Trinajstić information content (AvgIpc) is 2.29. The molecule has 0 saturated heterocycles. The number of rotatable bonds is 6. The standard InChI is InChI=1S/C10H15BrF2N4O/c1-16(2)3-4-17-10(18)9(11)7(5-15-17)14-6-8(12)13/h5,8,14H,3-4,6H2,1-2H3. The van der Waals surface area contributed by atoms with Gasteiger partial charge in [0.15, 0.2) is 0 Å². The lowest BCUT2D eigenvalue weighted by molar-refractivity contribution is 0.163. The van der Waals surface area contributed by atoms with Gasteiger partial charge in [0.2, 0.25) is 0 Å². The maximum Gasteiger partial charge on any atom is 0.283 e. The summed E-state index contributed by atoms with van der Waals surface area (Å²) >= 11 is 3.09. The molecule has 0 radical (unpaired) electrons. The van der Waals surface area contributed by atoms with Gasteiger partial charge < -0.3 is 10.2 Å². The van der Waals surface area contributed by atoms with Gasteiger partial charge in [0.25, 0.3) is 12.0 Å². The summed E-state index contributed by atoms with van der Waals surface area (Å²) in [6, 6.07) is 0. The highest BCUT2D eigenvalue weighted by Gasteiger charge is 2.10. The van der Waals surface area contributed by atoms with Crippen LogP contribution >= 0.6 is 15.9 Å². The Morgan fingerprint density at radius 3 is 2.78 bits per heavy atom. The van der Waals surface area contributed by atoms with Gasteiger partial charge in [0.1, 0.15) is 4.47 Å². The van der Waals surface area contributed by atoms with Gasteiger partial charge >= 0.3 is 0 Å². The van der Waals surface area contributed by atoms with Crippen molar-refractivity contribution < 1.29 is 8.78 Å². The van der Waals surface area contributed by atoms with Crippen molar-refractivity contribution in [3.63, 3.8) is 0 Å². The first kappa shape index (κ1) is 15.0. The highest BCUT2D eigenvalue weighted by atomic mass is 79.9. The van der Waals surface area contributed by atoms with E-state index in [0.717, 1.165) is 0 Å². The summed E-state index contributed by atoms with van der Waals surface area (Å²) in [5.74, 6) is 0. The molecule has 18 heavy (non-hydrogen) atoms. The average molecular weight is 325 g/mol. The van der Waals surface area contributed by atoms with Crippen LogP contribution in [0, 0.1) is 0 Å². The predicted molar refractivity (Wildman–Crippen MR) is 69.2 cm³/mol. The van der Waals surface area contributed by atoms with Crippen LogP contribution in [0.5, 0.6) is 0 Å². The number of hydrogen-bond donors (Lipinski definition) is 1. The van der Waals surface area contributed by atoms with E-state index in [9.17, 15) is 13.6 Å². The molecule has 1 aromatic rings. The number of alkyl halides is 2. The van der Waals surface area contributed by atoms with Gasteiger partial charge in [-0.1, -0.05) is 0 Å². The summed E-state index contributed by atoms with van der Waals surface area (Å²) in [6.07, 6.45) is -1.11. The smallest absolute Gasteiger partial charge is 0.283 e. The molecule has 0 bridgehead atoms. The zero-order valence-electron chi connectivity index (χ0n) is 10.2. The summed E-state index contributed by atoms with van der Waals surface area (Å²) < 4.78 is 25.6. The fourth-order valence-corrected chi connectivity index (χ4v) is 1.68. The van der Waals surface area contributed by atoms with Crippen LogP contribution in [0.25, 0.3) is 0 Å². The van der Waals surface area contributed by atoms with E-state index in [-0.39, 0.29) is 15.7 Å². The van der Waals surface area contributed by atoms with E-state index in [1.807, 2.05) is 19.0 Å². The van der Waals surface area contributed by atoms with Gasteiger partial charge in [0.05, 0.1) is 25.0 Å². The molecule has 8 heteroatoms. The van der Waals surface area contributed by atoms with E-state index in [0.29, 0.717) is 13.1 Å². The van der Waals surface area contributed by atoms with Gasteiger partial charge in [-0.25, -0.2) is 13.5 Å². The number of halogens is 3. The molecule has 0 aliphatic heterocycles. The van der Waals surface area contributed by atoms with Crippen molar-refractivity contribution in [2.75, 3.05) is 32.5 Å². The molecule has 5 nitrogen and oxygen atoms in total. The van der Waals surface area contributed by atoms with Crippen molar-refractivity contribution in [1.29, 1.82) is 0 Å². The molecule has 102 valence electrons. The molecule has 1 N–H and O–H groups in total. The summed E-state index contributed by atoms with van der Waals surface area (Å²) in [5, 5.41) is 6.39. The minimum absolute atomic E-state index is 0.219. The lowest BCUT2D eigenvalue weighted by Gasteiger charge is -2.12. The number of likely N-dealkylation sites (N-methyl/N-ethyl adjacent to an activating group) is 1. The lowest BCUT2D eigenvalue weighted by atomic mass is 10.4. The van der Waals surface area contributed by atoms with Crippen molar-refractivity contribution in [2.45, 2.75) is 13.0 Å². The first-order valence-electron chi connectivity index (χ1n) is 5.34. The van der Waals surface area contributed by atoms with Gasteiger partial charge in [-0.05, 0) is 30.0 Å². The van der Waals surface area contributed by atoms with E-state index in [4.69, 9.17) is 0 Å². The number of aromatic nitrogens is 2. The minimum Gasteiger partial charge on any atom is -0.377 e. The number of nitrogens with zero attached hydrogens (tertiary/aromatic N) is 3. The van der Waals surface area contributed by atoms with Crippen molar-refractivity contribution in [3.05, 3.63) is 21.0 Å². The Kier molecular flexibility index (Phi) is 5.67. The van der Waals surface area contributed by atoms with E-state index in [1.165, 1.54) is 10.9 Å². The highest BCUT2D eigenvalue weighted by Crippen LogP contribution is 2.16. The molecule has 0 saturated carbocycles. The Morgan fingerprint density at radius 2 is 2.22 bits per heavy atom. The predicted octanol–water partition coefficient (Wildman–Crippen LogP) is 1.24. The molecule has 1 aromatic heterocycles. The quantitative estimate of drug-likeness (QED) is 0.855. The van der Waals surface area contributed by atoms with Crippen molar-refractivity contribution >= 4 is 21.6 Å². The maximum atomic E-state index is 12.1. The third-order valence-corrected chi connectivity index (χ3v) is 2.96. The van der Waals surface area contributed by atoms with Gasteiger partial charge in [-0.15, -0.1) is 0 Å². The molecule has 0 fully saturated rings. The highest BCUT2D eigenvalue weighted by molar-refractivity contribution is 9.10. The summed E-state index contributed by atoms with van der Waals surface area (Å²) in [7, 11) is 3.78. The van der Waals surface area contributed by atoms with E-state index in [1.54, 1.807) is 0 Å². The molecule has 0 aliphatic rings. The first-order valence-corrected chi connectivity index (χ1v) is 6.13. The van der Waals surface area contributed by atoms with E-state index >= 15 is 0 Å². The van der Waals surface area contributed by atoms with Crippen LogP contribution in [0.4, 0.5) is 14.5 Å². The Morgan fingerprint density at radius 1 is 1.56 bits per heavy atom. The fraction of sp³-hybridized carbons (Fsp3) is 0.600. The largest absolute Gasteiger partial charge is 0.377 e. The lowest BCUT2D eigenvalue weighted by Crippen LogP contribution is -2.29. The molecule has 0 unspecified atom stereocenters. The van der Waals surface area contributed by atoms with Crippen LogP contribution in [0.1, 0.15) is 0 Å². The molecule has 0 amide bonds. The van der Waals surface area contributed by atoms with Crippen LogP contribution in [-0.4, -0.2) is 48.3 Å². The second-order valence-corrected chi connectivity index (χ2v) is 4.77. The van der Waals surface area contributed by atoms with Crippen molar-refractivity contribution in [2.24, 2.45) is 0 Å². The fourth-order valence-electron chi connectivity index (χ4n) is 1.23. The molecule has 0 spiro atoms. The Labute approximate surface area is 112 Å². The Bertz CT molecular complexity index is 450. The number of anilines is 1. The normalized spacial score (nSPS) is 11.3. The molecule has 0 aliphatic carbocycles. The zero-order chi connectivity index (χ0) is 13.7. The van der Waals surface area contributed by atoms with Crippen LogP contribution in [-0.2, 0) is 6.54 Å². The Balaban J connectivity index is 2.81. The third kappa shape index (κ3) is 4.34. The molecular formula is C10H15BrF2N4O. The second kappa shape index (κ2) is 6.79.